The van der Waals surface area contributed by atoms with Crippen molar-refractivity contribution in [3.05, 3.63) is 70.0 Å². The van der Waals surface area contributed by atoms with E-state index in [-0.39, 0.29) is 17.7 Å². The highest BCUT2D eigenvalue weighted by Crippen LogP contribution is 2.36. The van der Waals surface area contributed by atoms with Crippen LogP contribution < -0.4 is 15.4 Å². The summed E-state index contributed by atoms with van der Waals surface area (Å²) in [5, 5.41) is 10.5. The van der Waals surface area contributed by atoms with E-state index in [2.05, 4.69) is 27.9 Å². The molecule has 0 unspecified atom stereocenters. The molecule has 1 heterocycles. The summed E-state index contributed by atoms with van der Waals surface area (Å²) in [5.41, 5.74) is 5.32. The fraction of sp³-hybridized carbons (Fsp3) is 0.370. The lowest BCUT2D eigenvalue weighted by atomic mass is 9.81. The van der Waals surface area contributed by atoms with Crippen LogP contribution in [0.5, 0.6) is 5.75 Å². The fourth-order valence-corrected chi connectivity index (χ4v) is 4.97. The summed E-state index contributed by atoms with van der Waals surface area (Å²) < 4.78 is 7.03. The van der Waals surface area contributed by atoms with Crippen LogP contribution in [0.15, 0.2) is 42.5 Å². The number of fused-ring (bicyclic) bond motifs is 1. The average Bonchev–Trinajstić information content (AvgIpc) is 3.17. The molecule has 0 aliphatic heterocycles. The summed E-state index contributed by atoms with van der Waals surface area (Å²) in [4.78, 5) is 25.6. The molecule has 2 aromatic carbocycles. The first-order valence-corrected chi connectivity index (χ1v) is 12.2. The van der Waals surface area contributed by atoms with Crippen molar-refractivity contribution < 1.29 is 14.3 Å². The van der Waals surface area contributed by atoms with Gasteiger partial charge in [-0.05, 0) is 93.5 Å². The first-order valence-electron chi connectivity index (χ1n) is 11.8. The van der Waals surface area contributed by atoms with Crippen LogP contribution in [0.2, 0.25) is 5.02 Å². The predicted octanol–water partition coefficient (Wildman–Crippen LogP) is 5.81. The van der Waals surface area contributed by atoms with Crippen LogP contribution in [0, 0.1) is 13.8 Å². The summed E-state index contributed by atoms with van der Waals surface area (Å²) in [6.07, 6.45) is 3.43. The van der Waals surface area contributed by atoms with Gasteiger partial charge in [0.05, 0.1) is 23.5 Å². The zero-order valence-electron chi connectivity index (χ0n) is 20.5. The average molecular weight is 495 g/mol. The second-order valence-corrected chi connectivity index (χ2v) is 9.54. The Kier molecular flexibility index (Phi) is 7.45. The van der Waals surface area contributed by atoms with E-state index in [0.717, 1.165) is 36.4 Å². The first-order chi connectivity index (χ1) is 16.7. The lowest BCUT2D eigenvalue weighted by Crippen LogP contribution is -2.25. The van der Waals surface area contributed by atoms with Gasteiger partial charge in [-0.1, -0.05) is 17.7 Å². The molecule has 2 N–H and O–H groups in total. The molecule has 1 aliphatic carbocycles. The van der Waals surface area contributed by atoms with Crippen LogP contribution in [-0.4, -0.2) is 28.7 Å². The highest BCUT2D eigenvalue weighted by molar-refractivity contribution is 6.34. The quantitative estimate of drug-likeness (QED) is 0.434. The van der Waals surface area contributed by atoms with Crippen molar-refractivity contribution in [3.63, 3.8) is 0 Å². The Balaban J connectivity index is 1.38. The van der Waals surface area contributed by atoms with Crippen LogP contribution in [-0.2, 0) is 16.0 Å². The summed E-state index contributed by atoms with van der Waals surface area (Å²) in [6, 6.07) is 12.6. The van der Waals surface area contributed by atoms with E-state index in [1.807, 2.05) is 26.0 Å². The molecule has 3 aromatic rings. The van der Waals surface area contributed by atoms with E-state index in [1.54, 1.807) is 36.9 Å². The Hall–Kier alpha value is -3.32. The minimum atomic E-state index is -0.488. The molecule has 7 nitrogen and oxygen atoms in total. The smallest absolute Gasteiger partial charge is 0.248 e. The van der Waals surface area contributed by atoms with E-state index >= 15 is 0 Å². The van der Waals surface area contributed by atoms with Crippen molar-refractivity contribution in [1.82, 2.24) is 9.78 Å². The molecule has 0 bridgehead atoms. The first kappa shape index (κ1) is 24.8. The Labute approximate surface area is 210 Å². The number of methoxy groups -OCH3 is 1. The number of aryl methyl sites for hydroxylation is 3. The van der Waals surface area contributed by atoms with Crippen LogP contribution in [0.4, 0.5) is 11.4 Å². The van der Waals surface area contributed by atoms with Crippen LogP contribution >= 0.6 is 11.6 Å². The van der Waals surface area contributed by atoms with Gasteiger partial charge < -0.3 is 15.4 Å². The Morgan fingerprint density at radius 2 is 1.97 bits per heavy atom. The standard InChI is InChI=1S/C27H31ClN4O3/c1-16-12-17(2)32(31-16)18(3)27(34)30-25-11-8-21(15-24(25)28)29-26(33)14-20-7-5-6-19-13-22(35-4)9-10-23(19)20/h8-13,15,18,20H,5-7,14H2,1-4H3,(H,29,33)(H,30,34)/t18-,20-/m1/s1. The van der Waals surface area contributed by atoms with Crippen LogP contribution in [0.1, 0.15) is 60.7 Å². The van der Waals surface area contributed by atoms with E-state index < -0.39 is 6.04 Å². The highest BCUT2D eigenvalue weighted by Gasteiger charge is 2.24. The number of carbonyl (C=O) groups is 2. The van der Waals surface area contributed by atoms with Gasteiger partial charge in [-0.2, -0.15) is 5.10 Å². The van der Waals surface area contributed by atoms with Gasteiger partial charge in [0.1, 0.15) is 11.8 Å². The molecule has 0 spiro atoms. The Bertz CT molecular complexity index is 1250. The molecule has 0 saturated heterocycles. The summed E-state index contributed by atoms with van der Waals surface area (Å²) in [5.74, 6) is 0.738. The van der Waals surface area contributed by atoms with Crippen molar-refractivity contribution in [2.24, 2.45) is 0 Å². The van der Waals surface area contributed by atoms with Gasteiger partial charge in [-0.3, -0.25) is 14.3 Å². The minimum absolute atomic E-state index is 0.0651. The fourth-order valence-electron chi connectivity index (χ4n) is 4.75. The second-order valence-electron chi connectivity index (χ2n) is 9.14. The number of hydrogen-bond acceptors (Lipinski definition) is 4. The molecular formula is C27H31ClN4O3. The molecule has 4 rings (SSSR count). The molecule has 2 atom stereocenters. The van der Waals surface area contributed by atoms with Crippen LogP contribution in [0.3, 0.4) is 0 Å². The topological polar surface area (TPSA) is 85.3 Å². The molecule has 8 heteroatoms. The number of aromatic nitrogens is 2. The maximum Gasteiger partial charge on any atom is 0.248 e. The molecule has 0 radical (unpaired) electrons. The van der Waals surface area contributed by atoms with Crippen molar-refractivity contribution in [2.45, 2.75) is 58.4 Å². The van der Waals surface area contributed by atoms with E-state index in [9.17, 15) is 9.59 Å². The molecule has 1 aliphatic rings. The Morgan fingerprint density at radius 1 is 1.17 bits per heavy atom. The summed E-state index contributed by atoms with van der Waals surface area (Å²) >= 11 is 6.43. The summed E-state index contributed by atoms with van der Waals surface area (Å²) in [6.45, 7) is 5.59. The van der Waals surface area contributed by atoms with E-state index in [4.69, 9.17) is 16.3 Å². The number of hydrogen-bond donors (Lipinski definition) is 2. The number of rotatable bonds is 7. The van der Waals surface area contributed by atoms with Gasteiger partial charge in [-0.25, -0.2) is 0 Å². The van der Waals surface area contributed by atoms with Gasteiger partial charge in [0.2, 0.25) is 11.8 Å². The van der Waals surface area contributed by atoms with Crippen molar-refractivity contribution in [1.29, 1.82) is 0 Å². The van der Waals surface area contributed by atoms with Gasteiger partial charge in [0.25, 0.3) is 0 Å². The van der Waals surface area contributed by atoms with Gasteiger partial charge in [0.15, 0.2) is 0 Å². The van der Waals surface area contributed by atoms with E-state index in [0.29, 0.717) is 22.8 Å². The largest absolute Gasteiger partial charge is 0.497 e. The minimum Gasteiger partial charge on any atom is -0.497 e. The normalized spacial score (nSPS) is 15.7. The predicted molar refractivity (Wildman–Crippen MR) is 138 cm³/mol. The number of benzene rings is 2. The molecule has 2 amide bonds. The third-order valence-electron chi connectivity index (χ3n) is 6.52. The lowest BCUT2D eigenvalue weighted by molar-refractivity contribution is -0.119. The van der Waals surface area contributed by atoms with Gasteiger partial charge in [0, 0.05) is 17.8 Å². The number of halogens is 1. The molecule has 1 aromatic heterocycles. The molecule has 0 saturated carbocycles. The zero-order chi connectivity index (χ0) is 25.1. The maximum absolute atomic E-state index is 12.8. The number of nitrogens with one attached hydrogen (secondary N) is 2. The molecular weight excluding hydrogens is 464 g/mol. The number of carbonyl (C=O) groups excluding carboxylic acids is 2. The van der Waals surface area contributed by atoms with E-state index in [1.165, 1.54) is 11.1 Å². The highest BCUT2D eigenvalue weighted by atomic mass is 35.5. The zero-order valence-corrected chi connectivity index (χ0v) is 21.3. The number of ether oxygens (including phenoxy) is 1. The summed E-state index contributed by atoms with van der Waals surface area (Å²) in [7, 11) is 1.67. The van der Waals surface area contributed by atoms with Crippen molar-refractivity contribution in [2.75, 3.05) is 17.7 Å². The maximum atomic E-state index is 12.8. The molecule has 0 fully saturated rings. The number of nitrogens with zero attached hydrogens (tertiary/aromatic N) is 2. The number of anilines is 2. The second kappa shape index (κ2) is 10.5. The van der Waals surface area contributed by atoms with Crippen LogP contribution in [0.25, 0.3) is 0 Å². The van der Waals surface area contributed by atoms with Gasteiger partial charge in [-0.15, -0.1) is 0 Å². The third-order valence-corrected chi connectivity index (χ3v) is 6.83. The Morgan fingerprint density at radius 3 is 2.66 bits per heavy atom. The monoisotopic (exact) mass is 494 g/mol. The van der Waals surface area contributed by atoms with Crippen molar-refractivity contribution >= 4 is 34.8 Å². The molecule has 184 valence electrons. The lowest BCUT2D eigenvalue weighted by Gasteiger charge is -2.25. The van der Waals surface area contributed by atoms with Crippen molar-refractivity contribution in [3.8, 4) is 5.75 Å². The number of amides is 2. The third kappa shape index (κ3) is 5.68. The molecule has 35 heavy (non-hydrogen) atoms. The SMILES string of the molecule is COc1ccc2c(c1)CCC[C@@H]2CC(=O)Nc1ccc(NC(=O)[C@@H](C)n2nc(C)cc2C)c(Cl)c1. The van der Waals surface area contributed by atoms with Gasteiger partial charge >= 0.3 is 0 Å².